The fraction of sp³-hybridized carbons (Fsp3) is 0.773. The molecule has 0 aromatic carbocycles. The van der Waals surface area contributed by atoms with Crippen LogP contribution in [0.3, 0.4) is 0 Å². The average molecular weight is 341 g/mol. The molecule has 5 fully saturated rings. The van der Waals surface area contributed by atoms with Crippen LogP contribution in [0, 0.1) is 29.1 Å². The largest absolute Gasteiger partial charge is 0.469 e. The quantitative estimate of drug-likeness (QED) is 0.861. The maximum atomic E-state index is 13.4. The molecule has 6 rings (SSSR count). The third-order valence-electron chi connectivity index (χ3n) is 7.79. The highest BCUT2D eigenvalue weighted by atomic mass is 16.3. The van der Waals surface area contributed by atoms with E-state index in [4.69, 9.17) is 4.42 Å². The molecule has 1 aromatic heterocycles. The Morgan fingerprint density at radius 1 is 1.08 bits per heavy atom. The molecular formula is C22H31NO2. The molecule has 3 heteroatoms. The van der Waals surface area contributed by atoms with E-state index >= 15 is 0 Å². The molecule has 0 aliphatic heterocycles. The molecule has 136 valence electrons. The van der Waals surface area contributed by atoms with Crippen molar-refractivity contribution in [1.29, 1.82) is 0 Å². The van der Waals surface area contributed by atoms with Gasteiger partial charge < -0.3 is 9.73 Å². The van der Waals surface area contributed by atoms with Crippen molar-refractivity contribution in [2.45, 2.75) is 76.7 Å². The van der Waals surface area contributed by atoms with Gasteiger partial charge in [-0.3, -0.25) is 4.79 Å². The standard InChI is InChI=1S/C22H31NO2/c24-21(22-12-15-8-16(13-22)10-17(9-15)14-22)23-20-6-2-1-4-18(20)11-19-5-3-7-25-19/h3,5,7,15-18,20H,1-2,4,6,8-14H2,(H,23,24)/t15?,16?,17?,18-,20-,22?/m1/s1. The number of nitrogens with one attached hydrogen (secondary N) is 1. The average Bonchev–Trinajstić information content (AvgIpc) is 3.08. The van der Waals surface area contributed by atoms with Gasteiger partial charge in [-0.1, -0.05) is 12.8 Å². The highest BCUT2D eigenvalue weighted by Gasteiger charge is 2.54. The lowest BCUT2D eigenvalue weighted by Gasteiger charge is -2.56. The predicted octanol–water partition coefficient (Wildman–Crippen LogP) is 4.71. The van der Waals surface area contributed by atoms with Gasteiger partial charge in [-0.25, -0.2) is 0 Å². The van der Waals surface area contributed by atoms with Crippen LogP contribution in [-0.2, 0) is 11.2 Å². The Kier molecular flexibility index (Phi) is 3.94. The van der Waals surface area contributed by atoms with E-state index in [9.17, 15) is 4.79 Å². The molecular weight excluding hydrogens is 310 g/mol. The van der Waals surface area contributed by atoms with Crippen molar-refractivity contribution < 1.29 is 9.21 Å². The first-order valence-electron chi connectivity index (χ1n) is 10.5. The van der Waals surface area contributed by atoms with Crippen LogP contribution in [-0.4, -0.2) is 11.9 Å². The number of carbonyl (C=O) groups excluding carboxylic acids is 1. The predicted molar refractivity (Wildman–Crippen MR) is 96.9 cm³/mol. The van der Waals surface area contributed by atoms with Crippen molar-refractivity contribution in [2.24, 2.45) is 29.1 Å². The van der Waals surface area contributed by atoms with Crippen molar-refractivity contribution in [3.05, 3.63) is 24.2 Å². The number of furan rings is 1. The second kappa shape index (κ2) is 6.17. The maximum Gasteiger partial charge on any atom is 0.226 e. The lowest BCUT2D eigenvalue weighted by Crippen LogP contribution is -2.56. The molecule has 5 saturated carbocycles. The SMILES string of the molecule is O=C(N[C@@H]1CCCC[C@@H]1Cc1ccco1)C12CC3CC(CC(C3)C1)C2. The molecule has 1 heterocycles. The summed E-state index contributed by atoms with van der Waals surface area (Å²) >= 11 is 0. The van der Waals surface area contributed by atoms with E-state index in [0.717, 1.165) is 36.4 Å². The molecule has 0 spiro atoms. The fourth-order valence-corrected chi connectivity index (χ4v) is 7.04. The molecule has 25 heavy (non-hydrogen) atoms. The Morgan fingerprint density at radius 2 is 1.76 bits per heavy atom. The highest BCUT2D eigenvalue weighted by molar-refractivity contribution is 5.83. The van der Waals surface area contributed by atoms with Gasteiger partial charge >= 0.3 is 0 Å². The third-order valence-corrected chi connectivity index (χ3v) is 7.79. The van der Waals surface area contributed by atoms with Crippen molar-refractivity contribution in [3.63, 3.8) is 0 Å². The Labute approximate surface area is 150 Å². The zero-order valence-corrected chi connectivity index (χ0v) is 15.2. The number of carbonyl (C=O) groups is 1. The summed E-state index contributed by atoms with van der Waals surface area (Å²) in [7, 11) is 0. The van der Waals surface area contributed by atoms with Crippen LogP contribution in [0.15, 0.2) is 22.8 Å². The van der Waals surface area contributed by atoms with Gasteiger partial charge in [-0.05, 0) is 87.2 Å². The summed E-state index contributed by atoms with van der Waals surface area (Å²) in [5, 5.41) is 3.56. The van der Waals surface area contributed by atoms with Gasteiger partial charge in [0, 0.05) is 17.9 Å². The fourth-order valence-electron chi connectivity index (χ4n) is 7.04. The topological polar surface area (TPSA) is 42.2 Å². The van der Waals surface area contributed by atoms with E-state index in [-0.39, 0.29) is 5.41 Å². The van der Waals surface area contributed by atoms with Crippen LogP contribution >= 0.6 is 0 Å². The van der Waals surface area contributed by atoms with Crippen LogP contribution in [0.25, 0.3) is 0 Å². The van der Waals surface area contributed by atoms with Crippen LogP contribution < -0.4 is 5.32 Å². The first kappa shape index (κ1) is 16.0. The van der Waals surface area contributed by atoms with Gasteiger partial charge in [0.1, 0.15) is 5.76 Å². The Balaban J connectivity index is 1.29. The van der Waals surface area contributed by atoms with E-state index in [2.05, 4.69) is 11.4 Å². The summed E-state index contributed by atoms with van der Waals surface area (Å²) in [6.07, 6.45) is 15.3. The smallest absolute Gasteiger partial charge is 0.226 e. The first-order chi connectivity index (χ1) is 12.2. The lowest BCUT2D eigenvalue weighted by atomic mass is 9.49. The molecule has 4 bridgehead atoms. The van der Waals surface area contributed by atoms with Gasteiger partial charge in [-0.2, -0.15) is 0 Å². The molecule has 2 atom stereocenters. The minimum atomic E-state index is -0.0125. The Morgan fingerprint density at radius 3 is 2.40 bits per heavy atom. The zero-order chi connectivity index (χ0) is 16.9. The second-order valence-corrected chi connectivity index (χ2v) is 9.61. The summed E-state index contributed by atoms with van der Waals surface area (Å²) in [5.41, 5.74) is -0.0125. The normalized spacial score (nSPS) is 42.5. The molecule has 3 nitrogen and oxygen atoms in total. The van der Waals surface area contributed by atoms with Gasteiger partial charge in [0.05, 0.1) is 6.26 Å². The van der Waals surface area contributed by atoms with Gasteiger partial charge in [0.15, 0.2) is 0 Å². The number of rotatable bonds is 4. The lowest BCUT2D eigenvalue weighted by molar-refractivity contribution is -0.147. The molecule has 1 N–H and O–H groups in total. The molecule has 0 saturated heterocycles. The van der Waals surface area contributed by atoms with Crippen molar-refractivity contribution in [1.82, 2.24) is 5.32 Å². The van der Waals surface area contributed by atoms with Crippen LogP contribution in [0.4, 0.5) is 0 Å². The molecule has 1 aromatic rings. The minimum Gasteiger partial charge on any atom is -0.469 e. The van der Waals surface area contributed by atoms with E-state index in [1.54, 1.807) is 6.26 Å². The Hall–Kier alpha value is -1.25. The molecule has 0 radical (unpaired) electrons. The van der Waals surface area contributed by atoms with Gasteiger partial charge in [-0.15, -0.1) is 0 Å². The van der Waals surface area contributed by atoms with Crippen LogP contribution in [0.1, 0.15) is 70.0 Å². The number of hydrogen-bond acceptors (Lipinski definition) is 2. The van der Waals surface area contributed by atoms with E-state index < -0.39 is 0 Å². The van der Waals surface area contributed by atoms with Crippen LogP contribution in [0.2, 0.25) is 0 Å². The second-order valence-electron chi connectivity index (χ2n) is 9.61. The van der Waals surface area contributed by atoms with Crippen molar-refractivity contribution in [3.8, 4) is 0 Å². The van der Waals surface area contributed by atoms with Crippen molar-refractivity contribution in [2.75, 3.05) is 0 Å². The molecule has 0 unspecified atom stereocenters. The van der Waals surface area contributed by atoms with Gasteiger partial charge in [0.2, 0.25) is 5.91 Å². The van der Waals surface area contributed by atoms with Gasteiger partial charge in [0.25, 0.3) is 0 Å². The maximum absolute atomic E-state index is 13.4. The third kappa shape index (κ3) is 2.94. The first-order valence-corrected chi connectivity index (χ1v) is 10.5. The molecule has 5 aliphatic carbocycles. The van der Waals surface area contributed by atoms with Crippen LogP contribution in [0.5, 0.6) is 0 Å². The molecule has 5 aliphatic rings. The Bertz CT molecular complexity index is 585. The highest BCUT2D eigenvalue weighted by Crippen LogP contribution is 2.60. The van der Waals surface area contributed by atoms with E-state index in [1.165, 1.54) is 57.8 Å². The number of hydrogen-bond donors (Lipinski definition) is 1. The number of amides is 1. The summed E-state index contributed by atoms with van der Waals surface area (Å²) in [4.78, 5) is 13.4. The van der Waals surface area contributed by atoms with Crippen molar-refractivity contribution >= 4 is 5.91 Å². The summed E-state index contributed by atoms with van der Waals surface area (Å²) in [6, 6.07) is 4.40. The van der Waals surface area contributed by atoms with E-state index in [0.29, 0.717) is 17.9 Å². The molecule has 1 amide bonds. The monoisotopic (exact) mass is 341 g/mol. The zero-order valence-electron chi connectivity index (χ0n) is 15.2. The van der Waals surface area contributed by atoms with E-state index in [1.807, 2.05) is 6.07 Å². The minimum absolute atomic E-state index is 0.0125. The summed E-state index contributed by atoms with van der Waals surface area (Å²) in [6.45, 7) is 0. The summed E-state index contributed by atoms with van der Waals surface area (Å²) in [5.74, 6) is 4.52. The summed E-state index contributed by atoms with van der Waals surface area (Å²) < 4.78 is 5.58.